The highest BCUT2D eigenvalue weighted by Gasteiger charge is 2.07. The first kappa shape index (κ1) is 13.6. The summed E-state index contributed by atoms with van der Waals surface area (Å²) >= 11 is 0. The number of ketones is 1. The van der Waals surface area contributed by atoms with Crippen molar-refractivity contribution < 1.29 is 9.18 Å². The molecule has 17 heavy (non-hydrogen) atoms. The average Bonchev–Trinajstić information content (AvgIpc) is 2.32. The first-order chi connectivity index (χ1) is 8.24. The zero-order valence-electron chi connectivity index (χ0n) is 10.1. The molecule has 0 bridgehead atoms. The van der Waals surface area contributed by atoms with Gasteiger partial charge in [0.2, 0.25) is 0 Å². The number of carbonyl (C=O) groups excluding carboxylic acids is 1. The lowest BCUT2D eigenvalue weighted by Crippen LogP contribution is -2.04. The van der Waals surface area contributed by atoms with Gasteiger partial charge in [-0.3, -0.25) is 4.79 Å². The number of carbonyl (C=O) groups is 1. The van der Waals surface area contributed by atoms with E-state index in [1.165, 1.54) is 6.07 Å². The number of benzene rings is 1. The number of halogens is 1. The van der Waals surface area contributed by atoms with Gasteiger partial charge in [-0.15, -0.1) is 6.58 Å². The molecule has 0 heterocycles. The fraction of sp³-hybridized carbons (Fsp3) is 0.400. The number of unbranched alkanes of at least 4 members (excludes halogenated alkanes) is 3. The predicted octanol–water partition coefficient (Wildman–Crippen LogP) is 4.07. The Kier molecular flexibility index (Phi) is 6.23. The summed E-state index contributed by atoms with van der Waals surface area (Å²) in [4.78, 5) is 11.6. The highest BCUT2D eigenvalue weighted by molar-refractivity contribution is 5.80. The molecule has 0 radical (unpaired) electrons. The van der Waals surface area contributed by atoms with Crippen LogP contribution in [0.2, 0.25) is 0 Å². The topological polar surface area (TPSA) is 17.1 Å². The third kappa shape index (κ3) is 5.43. The quantitative estimate of drug-likeness (QED) is 0.489. The molecule has 0 aliphatic heterocycles. The van der Waals surface area contributed by atoms with Crippen LogP contribution in [0.5, 0.6) is 0 Å². The second kappa shape index (κ2) is 7.77. The fourth-order valence-corrected chi connectivity index (χ4v) is 1.73. The number of allylic oxidation sites excluding steroid dienone is 1. The van der Waals surface area contributed by atoms with E-state index < -0.39 is 0 Å². The van der Waals surface area contributed by atoms with Gasteiger partial charge in [-0.05, 0) is 30.9 Å². The molecule has 92 valence electrons. The molecule has 1 rings (SSSR count). The van der Waals surface area contributed by atoms with Gasteiger partial charge in [-0.2, -0.15) is 0 Å². The van der Waals surface area contributed by atoms with Gasteiger partial charge in [0.25, 0.3) is 0 Å². The van der Waals surface area contributed by atoms with Gasteiger partial charge >= 0.3 is 0 Å². The normalized spacial score (nSPS) is 10.2. The second-order valence-corrected chi connectivity index (χ2v) is 4.19. The van der Waals surface area contributed by atoms with Crippen LogP contribution in [0.15, 0.2) is 36.9 Å². The van der Waals surface area contributed by atoms with Crippen molar-refractivity contribution >= 4 is 5.78 Å². The third-order valence-corrected chi connectivity index (χ3v) is 2.71. The molecule has 0 aromatic heterocycles. The molecule has 0 saturated heterocycles. The Balaban J connectivity index is 2.25. The van der Waals surface area contributed by atoms with Crippen LogP contribution in [0.3, 0.4) is 0 Å². The molecule has 0 atom stereocenters. The summed E-state index contributed by atoms with van der Waals surface area (Å²) in [6.07, 6.45) is 6.66. The molecule has 1 aromatic rings. The van der Waals surface area contributed by atoms with E-state index in [0.29, 0.717) is 12.0 Å². The molecule has 0 aliphatic carbocycles. The minimum absolute atomic E-state index is 0.119. The first-order valence-corrected chi connectivity index (χ1v) is 6.10. The predicted molar refractivity (Wildman–Crippen MR) is 68.4 cm³/mol. The third-order valence-electron chi connectivity index (χ3n) is 2.71. The van der Waals surface area contributed by atoms with Crippen LogP contribution in [0.1, 0.15) is 37.7 Å². The summed E-state index contributed by atoms with van der Waals surface area (Å²) in [7, 11) is 0. The van der Waals surface area contributed by atoms with Crippen molar-refractivity contribution in [1.29, 1.82) is 0 Å². The number of rotatable bonds is 8. The SMILES string of the molecule is C=CCCCCCC(=O)Cc1ccccc1F. The Labute approximate surface area is 102 Å². The molecule has 1 nitrogen and oxygen atoms in total. The monoisotopic (exact) mass is 234 g/mol. The van der Waals surface area contributed by atoms with Crippen LogP contribution < -0.4 is 0 Å². The van der Waals surface area contributed by atoms with Gasteiger partial charge < -0.3 is 0 Å². The summed E-state index contributed by atoms with van der Waals surface area (Å²) in [5.41, 5.74) is 0.503. The molecule has 0 fully saturated rings. The maximum Gasteiger partial charge on any atom is 0.137 e. The molecule has 1 aromatic carbocycles. The molecule has 0 amide bonds. The summed E-state index contributed by atoms with van der Waals surface area (Å²) in [5.74, 6) is -0.166. The minimum atomic E-state index is -0.285. The van der Waals surface area contributed by atoms with Gasteiger partial charge in [-0.25, -0.2) is 4.39 Å². The van der Waals surface area contributed by atoms with Crippen LogP contribution >= 0.6 is 0 Å². The van der Waals surface area contributed by atoms with E-state index in [1.807, 2.05) is 6.08 Å². The molecular weight excluding hydrogens is 215 g/mol. The molecule has 0 unspecified atom stereocenters. The van der Waals surface area contributed by atoms with Crippen molar-refractivity contribution in [3.8, 4) is 0 Å². The molecule has 0 saturated carbocycles. The van der Waals surface area contributed by atoms with Crippen LogP contribution in [0.25, 0.3) is 0 Å². The zero-order valence-corrected chi connectivity index (χ0v) is 10.1. The highest BCUT2D eigenvalue weighted by Crippen LogP contribution is 2.10. The average molecular weight is 234 g/mol. The zero-order chi connectivity index (χ0) is 12.5. The minimum Gasteiger partial charge on any atom is -0.299 e. The Hall–Kier alpha value is -1.44. The second-order valence-electron chi connectivity index (χ2n) is 4.19. The van der Waals surface area contributed by atoms with Crippen molar-refractivity contribution in [3.63, 3.8) is 0 Å². The smallest absolute Gasteiger partial charge is 0.137 e. The van der Waals surface area contributed by atoms with Gasteiger partial charge in [0, 0.05) is 12.8 Å². The number of hydrogen-bond acceptors (Lipinski definition) is 1. The lowest BCUT2D eigenvalue weighted by atomic mass is 10.0. The molecule has 2 heteroatoms. The van der Waals surface area contributed by atoms with E-state index in [2.05, 4.69) is 6.58 Å². The van der Waals surface area contributed by atoms with Gasteiger partial charge in [-0.1, -0.05) is 30.7 Å². The lowest BCUT2D eigenvalue weighted by Gasteiger charge is -2.02. The fourth-order valence-electron chi connectivity index (χ4n) is 1.73. The van der Waals surface area contributed by atoms with E-state index in [1.54, 1.807) is 18.2 Å². The van der Waals surface area contributed by atoms with E-state index in [-0.39, 0.29) is 18.0 Å². The van der Waals surface area contributed by atoms with Crippen LogP contribution in [0.4, 0.5) is 4.39 Å². The van der Waals surface area contributed by atoms with Crippen molar-refractivity contribution in [2.75, 3.05) is 0 Å². The maximum absolute atomic E-state index is 13.3. The van der Waals surface area contributed by atoms with Gasteiger partial charge in [0.1, 0.15) is 11.6 Å². The number of hydrogen-bond donors (Lipinski definition) is 0. The maximum atomic E-state index is 13.3. The van der Waals surface area contributed by atoms with Crippen molar-refractivity contribution in [2.24, 2.45) is 0 Å². The summed E-state index contributed by atoms with van der Waals surface area (Å²) in [6.45, 7) is 3.65. The van der Waals surface area contributed by atoms with Gasteiger partial charge in [0.05, 0.1) is 0 Å². The van der Waals surface area contributed by atoms with E-state index in [0.717, 1.165) is 25.7 Å². The largest absolute Gasteiger partial charge is 0.299 e. The van der Waals surface area contributed by atoms with E-state index >= 15 is 0 Å². The Morgan fingerprint density at radius 2 is 2.00 bits per heavy atom. The summed E-state index contributed by atoms with van der Waals surface area (Å²) in [5, 5.41) is 0. The van der Waals surface area contributed by atoms with Crippen molar-refractivity contribution in [2.45, 2.75) is 38.5 Å². The molecule has 0 N–H and O–H groups in total. The molecule has 0 aliphatic rings. The van der Waals surface area contributed by atoms with Crippen molar-refractivity contribution in [3.05, 3.63) is 48.3 Å². The van der Waals surface area contributed by atoms with E-state index in [9.17, 15) is 9.18 Å². The Bertz CT molecular complexity index is 371. The molecule has 0 spiro atoms. The first-order valence-electron chi connectivity index (χ1n) is 6.10. The van der Waals surface area contributed by atoms with Crippen LogP contribution in [-0.2, 0) is 11.2 Å². The Morgan fingerprint density at radius 3 is 2.71 bits per heavy atom. The molecular formula is C15H19FO. The Morgan fingerprint density at radius 1 is 1.24 bits per heavy atom. The van der Waals surface area contributed by atoms with Crippen LogP contribution in [0, 0.1) is 5.82 Å². The summed E-state index contributed by atoms with van der Waals surface area (Å²) < 4.78 is 13.3. The number of Topliss-reactive ketones (excluding diaryl/α,β-unsaturated/α-hetero) is 1. The van der Waals surface area contributed by atoms with Crippen molar-refractivity contribution in [1.82, 2.24) is 0 Å². The lowest BCUT2D eigenvalue weighted by molar-refractivity contribution is -0.118. The highest BCUT2D eigenvalue weighted by atomic mass is 19.1. The van der Waals surface area contributed by atoms with Crippen LogP contribution in [-0.4, -0.2) is 5.78 Å². The summed E-state index contributed by atoms with van der Waals surface area (Å²) in [6, 6.07) is 6.46. The standard InChI is InChI=1S/C15H19FO/c1-2-3-4-5-6-10-14(17)12-13-9-7-8-11-15(13)16/h2,7-9,11H,1,3-6,10,12H2. The van der Waals surface area contributed by atoms with E-state index in [4.69, 9.17) is 0 Å². The van der Waals surface area contributed by atoms with Gasteiger partial charge in [0.15, 0.2) is 0 Å².